The van der Waals surface area contributed by atoms with Crippen molar-refractivity contribution in [1.29, 1.82) is 0 Å². The average molecular weight is 154 g/mol. The quantitative estimate of drug-likeness (QED) is 0.574. The van der Waals surface area contributed by atoms with Crippen molar-refractivity contribution in [3.8, 4) is 0 Å². The monoisotopic (exact) mass is 154 g/mol. The summed E-state index contributed by atoms with van der Waals surface area (Å²) >= 11 is 0. The molecule has 0 aromatic rings. The zero-order chi connectivity index (χ0) is 9.02. The molecule has 0 aliphatic heterocycles. The van der Waals surface area contributed by atoms with Gasteiger partial charge < -0.3 is 0 Å². The fourth-order valence-corrected chi connectivity index (χ4v) is 0.926. The van der Waals surface area contributed by atoms with Crippen molar-refractivity contribution in [2.45, 2.75) is 20.3 Å². The molecule has 0 aliphatic rings. The number of ketones is 1. The second-order valence-corrected chi connectivity index (χ2v) is 2.80. The number of hydrogen-bond donors (Lipinski definition) is 0. The van der Waals surface area contributed by atoms with Gasteiger partial charge in [-0.1, -0.05) is 13.5 Å². The predicted molar refractivity (Wildman–Crippen MR) is 47.0 cm³/mol. The summed E-state index contributed by atoms with van der Waals surface area (Å²) < 4.78 is 0. The summed E-state index contributed by atoms with van der Waals surface area (Å²) in [5.74, 6) is 0.0671. The predicted octanol–water partition coefficient (Wildman–Crippen LogP) is 1.64. The van der Waals surface area contributed by atoms with Gasteiger partial charge in [0.2, 0.25) is 0 Å². The van der Waals surface area contributed by atoms with Crippen LogP contribution in [0.25, 0.3) is 0 Å². The van der Waals surface area contributed by atoms with E-state index in [-0.39, 0.29) is 5.78 Å². The van der Waals surface area contributed by atoms with Crippen molar-refractivity contribution in [1.82, 2.24) is 4.90 Å². The molecule has 0 fully saturated rings. The molecule has 0 saturated carbocycles. The lowest BCUT2D eigenvalue weighted by Crippen LogP contribution is -2.27. The second kappa shape index (κ2) is 4.29. The maximum absolute atomic E-state index is 11.3. The number of rotatable bonds is 4. The normalized spacial score (nSPS) is 10.7. The van der Waals surface area contributed by atoms with E-state index in [1.165, 1.54) is 0 Å². The molecule has 0 heterocycles. The van der Waals surface area contributed by atoms with E-state index in [0.717, 1.165) is 12.5 Å². The molecule has 0 spiro atoms. The molecule has 0 N–H and O–H groups in total. The van der Waals surface area contributed by atoms with E-state index in [1.54, 1.807) is 6.92 Å². The van der Waals surface area contributed by atoms with E-state index in [2.05, 4.69) is 6.58 Å². The summed E-state index contributed by atoms with van der Waals surface area (Å²) in [6.07, 6.45) is 0.763. The number of carbonyl (C=O) groups is 1. The van der Waals surface area contributed by atoms with Gasteiger partial charge in [-0.25, -0.2) is 0 Å². The number of hydrogen-bond acceptors (Lipinski definition) is 2. The Morgan fingerprint density at radius 1 is 1.45 bits per heavy atom. The Bertz CT molecular complexity index is 161. The Kier molecular flexibility index (Phi) is 4.04. The number of nitrogens with zero attached hydrogens (tertiary/aromatic N) is 1. The van der Waals surface area contributed by atoms with Gasteiger partial charge in [-0.05, 0) is 33.0 Å². The topological polar surface area (TPSA) is 20.3 Å². The lowest BCUT2D eigenvalue weighted by atomic mass is 10.0. The van der Waals surface area contributed by atoms with Crippen LogP contribution in [-0.4, -0.2) is 24.8 Å². The summed E-state index contributed by atoms with van der Waals surface area (Å²) in [5, 5.41) is 0. The number of carbonyl (C=O) groups excluding carboxylic acids is 1. The molecule has 0 rings (SSSR count). The van der Waals surface area contributed by atoms with Crippen molar-refractivity contribution >= 4 is 5.78 Å². The highest BCUT2D eigenvalue weighted by molar-refractivity contribution is 6.04. The summed E-state index contributed by atoms with van der Waals surface area (Å²) in [6, 6.07) is 0.817. The van der Waals surface area contributed by atoms with E-state index >= 15 is 0 Å². The molecule has 2 nitrogen and oxygen atoms in total. The van der Waals surface area contributed by atoms with E-state index in [1.807, 2.05) is 25.9 Å². The number of Topliss-reactive ketones (excluding diaryl/α,β-unsaturated/α-hetero) is 1. The fourth-order valence-electron chi connectivity index (χ4n) is 0.926. The van der Waals surface area contributed by atoms with Crippen LogP contribution in [0.1, 0.15) is 20.3 Å². The van der Waals surface area contributed by atoms with Crippen molar-refractivity contribution in [2.24, 2.45) is 0 Å². The van der Waals surface area contributed by atoms with Gasteiger partial charge in [0.1, 0.15) is 6.04 Å². The Balaban J connectivity index is 4.26. The third kappa shape index (κ3) is 2.85. The number of likely N-dealkylation sites (N-methyl/N-ethyl adjacent to an activating group) is 1. The zero-order valence-corrected chi connectivity index (χ0v) is 7.77. The van der Waals surface area contributed by atoms with Crippen molar-refractivity contribution < 1.29 is 4.79 Å². The Labute approximate surface area is 68.9 Å². The van der Waals surface area contributed by atoms with Crippen molar-refractivity contribution in [2.75, 3.05) is 14.1 Å². The van der Waals surface area contributed by atoms with Crippen LogP contribution < -0.4 is 0 Å². The molecule has 11 heavy (non-hydrogen) atoms. The van der Waals surface area contributed by atoms with Crippen LogP contribution in [0.3, 0.4) is 0 Å². The average Bonchev–Trinajstić information content (AvgIpc) is 1.88. The molecule has 2 heteroatoms. The first-order valence-corrected chi connectivity index (χ1v) is 3.74. The molecule has 1 radical (unpaired) electrons. The van der Waals surface area contributed by atoms with Crippen molar-refractivity contribution in [3.63, 3.8) is 0 Å². The molecule has 0 bridgehead atoms. The Morgan fingerprint density at radius 2 is 1.91 bits per heavy atom. The minimum atomic E-state index is 0.0671. The summed E-state index contributed by atoms with van der Waals surface area (Å²) in [7, 11) is 3.75. The minimum Gasteiger partial charge on any atom is -0.295 e. The van der Waals surface area contributed by atoms with Crippen LogP contribution in [0, 0.1) is 6.04 Å². The van der Waals surface area contributed by atoms with Crippen LogP contribution in [0.15, 0.2) is 12.2 Å². The van der Waals surface area contributed by atoms with Gasteiger partial charge in [-0.15, -0.1) is 0 Å². The molecule has 0 aromatic heterocycles. The van der Waals surface area contributed by atoms with E-state index in [9.17, 15) is 4.79 Å². The molecule has 0 atom stereocenters. The molecular formula is C9H16NO. The first kappa shape index (κ1) is 10.4. The minimum absolute atomic E-state index is 0.0671. The highest BCUT2D eigenvalue weighted by Gasteiger charge is 2.19. The summed E-state index contributed by atoms with van der Waals surface area (Å²) in [5.41, 5.74) is 0.607. The molecule has 0 amide bonds. The maximum atomic E-state index is 11.3. The smallest absolute Gasteiger partial charge is 0.180 e. The lowest BCUT2D eigenvalue weighted by Gasteiger charge is -2.19. The SMILES string of the molecule is C=C(C)C(=O)[C](CC)N(C)C. The molecule has 0 aliphatic carbocycles. The van der Waals surface area contributed by atoms with Crippen LogP contribution in [0.5, 0.6) is 0 Å². The molecule has 0 saturated heterocycles. The molecule has 63 valence electrons. The van der Waals surface area contributed by atoms with Crippen molar-refractivity contribution in [3.05, 3.63) is 18.2 Å². The van der Waals surface area contributed by atoms with E-state index < -0.39 is 0 Å². The maximum Gasteiger partial charge on any atom is 0.180 e. The van der Waals surface area contributed by atoms with E-state index in [0.29, 0.717) is 5.57 Å². The van der Waals surface area contributed by atoms with Crippen LogP contribution in [0.2, 0.25) is 0 Å². The van der Waals surface area contributed by atoms with Gasteiger partial charge in [0.05, 0.1) is 0 Å². The standard InChI is InChI=1S/C9H16NO/c1-6-8(10(4)5)9(11)7(2)3/h2,6H2,1,3-5H3. The third-order valence-corrected chi connectivity index (χ3v) is 1.52. The highest BCUT2D eigenvalue weighted by atomic mass is 16.1. The molecular weight excluding hydrogens is 138 g/mol. The first-order chi connectivity index (χ1) is 5.00. The summed E-state index contributed by atoms with van der Waals surface area (Å²) in [4.78, 5) is 13.2. The molecule has 0 aromatic carbocycles. The van der Waals surface area contributed by atoms with Gasteiger partial charge in [0.25, 0.3) is 0 Å². The van der Waals surface area contributed by atoms with Gasteiger partial charge in [0, 0.05) is 0 Å². The Morgan fingerprint density at radius 3 is 2.00 bits per heavy atom. The second-order valence-electron chi connectivity index (χ2n) is 2.80. The van der Waals surface area contributed by atoms with Gasteiger partial charge in [0.15, 0.2) is 5.78 Å². The fraction of sp³-hybridized carbons (Fsp3) is 0.556. The van der Waals surface area contributed by atoms with E-state index in [4.69, 9.17) is 0 Å². The largest absolute Gasteiger partial charge is 0.295 e. The Hall–Kier alpha value is -0.630. The van der Waals surface area contributed by atoms with Gasteiger partial charge in [-0.2, -0.15) is 0 Å². The zero-order valence-electron chi connectivity index (χ0n) is 7.77. The van der Waals surface area contributed by atoms with Gasteiger partial charge >= 0.3 is 0 Å². The molecule has 0 unspecified atom stereocenters. The first-order valence-electron chi connectivity index (χ1n) is 3.74. The lowest BCUT2D eigenvalue weighted by molar-refractivity contribution is -0.115. The highest BCUT2D eigenvalue weighted by Crippen LogP contribution is 2.13. The van der Waals surface area contributed by atoms with Gasteiger partial charge in [-0.3, -0.25) is 9.69 Å². The van der Waals surface area contributed by atoms with Crippen LogP contribution in [0.4, 0.5) is 0 Å². The van der Waals surface area contributed by atoms with Crippen LogP contribution >= 0.6 is 0 Å². The third-order valence-electron chi connectivity index (χ3n) is 1.52. The van der Waals surface area contributed by atoms with Crippen LogP contribution in [-0.2, 0) is 4.79 Å². The summed E-state index contributed by atoms with van der Waals surface area (Å²) in [6.45, 7) is 7.32.